The lowest BCUT2D eigenvalue weighted by molar-refractivity contribution is -0.0314. The van der Waals surface area contributed by atoms with Gasteiger partial charge in [0.05, 0.1) is 5.60 Å². The Bertz CT molecular complexity index is 457. The van der Waals surface area contributed by atoms with E-state index in [0.717, 1.165) is 38.3 Å². The van der Waals surface area contributed by atoms with E-state index in [0.29, 0.717) is 12.8 Å². The maximum Gasteiger partial charge on any atom is 0.123 e. The topological polar surface area (TPSA) is 26.7 Å². The Morgan fingerprint density at radius 2 is 1.77 bits per heavy atom. The monoisotopic (exact) mass is 308 g/mol. The first-order valence-corrected chi connectivity index (χ1v) is 8.30. The van der Waals surface area contributed by atoms with Crippen molar-refractivity contribution in [3.63, 3.8) is 0 Å². The van der Waals surface area contributed by atoms with E-state index in [1.165, 1.54) is 12.1 Å². The van der Waals surface area contributed by atoms with Crippen LogP contribution >= 0.6 is 0 Å². The second-order valence-corrected chi connectivity index (χ2v) is 6.77. The van der Waals surface area contributed by atoms with Gasteiger partial charge < -0.3 is 14.9 Å². The van der Waals surface area contributed by atoms with Gasteiger partial charge in [-0.05, 0) is 37.1 Å². The van der Waals surface area contributed by atoms with Gasteiger partial charge in [0.25, 0.3) is 0 Å². The molecule has 2 unspecified atom stereocenters. The van der Waals surface area contributed by atoms with E-state index < -0.39 is 5.60 Å². The van der Waals surface area contributed by atoms with Crippen molar-refractivity contribution < 1.29 is 9.50 Å². The van der Waals surface area contributed by atoms with Gasteiger partial charge in [-0.15, -0.1) is 0 Å². The largest absolute Gasteiger partial charge is 0.389 e. The molecule has 124 valence electrons. The van der Waals surface area contributed by atoms with E-state index in [2.05, 4.69) is 23.8 Å². The highest BCUT2D eigenvalue weighted by molar-refractivity contribution is 5.18. The molecule has 2 atom stereocenters. The molecule has 1 saturated heterocycles. The van der Waals surface area contributed by atoms with Crippen molar-refractivity contribution in [3.8, 4) is 0 Å². The standard InChI is InChI=1S/C18H29FN2O/c1-4-18(22,13-16-5-7-17(19)8-6-16)15(2)14-21-11-9-20(3)10-12-21/h5-8,15,22H,4,9-14H2,1-3H3. The fourth-order valence-corrected chi connectivity index (χ4v) is 3.19. The predicted octanol–water partition coefficient (Wildman–Crippen LogP) is 2.39. The summed E-state index contributed by atoms with van der Waals surface area (Å²) in [6, 6.07) is 6.49. The normalized spacial score (nSPS) is 21.5. The summed E-state index contributed by atoms with van der Waals surface area (Å²) >= 11 is 0. The molecule has 1 aromatic rings. The highest BCUT2D eigenvalue weighted by Crippen LogP contribution is 2.27. The maximum absolute atomic E-state index is 13.0. The number of hydrogen-bond acceptors (Lipinski definition) is 3. The number of halogens is 1. The van der Waals surface area contributed by atoms with Crippen molar-refractivity contribution in [2.75, 3.05) is 39.8 Å². The van der Waals surface area contributed by atoms with Gasteiger partial charge in [0.2, 0.25) is 0 Å². The van der Waals surface area contributed by atoms with Crippen LogP contribution in [0, 0.1) is 11.7 Å². The van der Waals surface area contributed by atoms with Crippen LogP contribution in [0.5, 0.6) is 0 Å². The number of likely N-dealkylation sites (N-methyl/N-ethyl adjacent to an activating group) is 1. The van der Waals surface area contributed by atoms with Crippen molar-refractivity contribution in [1.82, 2.24) is 9.80 Å². The zero-order valence-corrected chi connectivity index (χ0v) is 14.1. The van der Waals surface area contributed by atoms with Crippen LogP contribution in [0.3, 0.4) is 0 Å². The van der Waals surface area contributed by atoms with Crippen molar-refractivity contribution in [2.24, 2.45) is 5.92 Å². The summed E-state index contributed by atoms with van der Waals surface area (Å²) in [6.07, 6.45) is 1.29. The molecule has 1 aromatic carbocycles. The summed E-state index contributed by atoms with van der Waals surface area (Å²) in [6.45, 7) is 9.40. The summed E-state index contributed by atoms with van der Waals surface area (Å²) < 4.78 is 13.0. The van der Waals surface area contributed by atoms with E-state index >= 15 is 0 Å². The van der Waals surface area contributed by atoms with Crippen LogP contribution < -0.4 is 0 Å². The fraction of sp³-hybridized carbons (Fsp3) is 0.667. The molecule has 1 aliphatic heterocycles. The summed E-state index contributed by atoms with van der Waals surface area (Å²) in [5.74, 6) is -0.0415. The Kier molecular flexibility index (Phi) is 5.95. The molecule has 0 amide bonds. The van der Waals surface area contributed by atoms with Crippen molar-refractivity contribution in [3.05, 3.63) is 35.6 Å². The maximum atomic E-state index is 13.0. The van der Waals surface area contributed by atoms with Gasteiger partial charge >= 0.3 is 0 Å². The van der Waals surface area contributed by atoms with Gasteiger partial charge in [0.15, 0.2) is 0 Å². The number of piperazine rings is 1. The third-order valence-corrected chi connectivity index (χ3v) is 5.08. The quantitative estimate of drug-likeness (QED) is 0.874. The number of nitrogens with zero attached hydrogens (tertiary/aromatic N) is 2. The molecular weight excluding hydrogens is 279 g/mol. The lowest BCUT2D eigenvalue weighted by Crippen LogP contribution is -2.50. The molecule has 1 heterocycles. The van der Waals surface area contributed by atoms with E-state index in [9.17, 15) is 9.50 Å². The lowest BCUT2D eigenvalue weighted by atomic mass is 9.80. The minimum atomic E-state index is -0.735. The zero-order valence-electron chi connectivity index (χ0n) is 14.1. The fourth-order valence-electron chi connectivity index (χ4n) is 3.19. The van der Waals surface area contributed by atoms with Gasteiger partial charge in [-0.1, -0.05) is 26.0 Å². The Balaban J connectivity index is 1.97. The van der Waals surface area contributed by atoms with Gasteiger partial charge in [-0.3, -0.25) is 0 Å². The average molecular weight is 308 g/mol. The Labute approximate surface area is 133 Å². The highest BCUT2D eigenvalue weighted by atomic mass is 19.1. The molecule has 1 aliphatic rings. The minimum absolute atomic E-state index is 0.186. The molecule has 2 rings (SSSR count). The average Bonchev–Trinajstić information content (AvgIpc) is 2.51. The SMILES string of the molecule is CCC(O)(Cc1ccc(F)cc1)C(C)CN1CCN(C)CC1. The molecule has 3 nitrogen and oxygen atoms in total. The molecule has 4 heteroatoms. The Morgan fingerprint density at radius 3 is 2.32 bits per heavy atom. The number of aliphatic hydroxyl groups is 1. The third kappa shape index (κ3) is 4.51. The van der Waals surface area contributed by atoms with Gasteiger partial charge in [0, 0.05) is 39.1 Å². The molecule has 1 N–H and O–H groups in total. The molecular formula is C18H29FN2O. The second-order valence-electron chi connectivity index (χ2n) is 6.77. The molecule has 0 aromatic heterocycles. The Hall–Kier alpha value is -0.970. The van der Waals surface area contributed by atoms with Crippen LogP contribution in [-0.4, -0.2) is 60.3 Å². The summed E-state index contributed by atoms with van der Waals surface area (Å²) in [7, 11) is 2.15. The zero-order chi connectivity index (χ0) is 16.2. The van der Waals surface area contributed by atoms with Gasteiger partial charge in [-0.25, -0.2) is 4.39 Å². The molecule has 22 heavy (non-hydrogen) atoms. The molecule has 0 saturated carbocycles. The van der Waals surface area contributed by atoms with Gasteiger partial charge in [0.1, 0.15) is 5.82 Å². The minimum Gasteiger partial charge on any atom is -0.389 e. The highest BCUT2D eigenvalue weighted by Gasteiger charge is 2.33. The molecule has 0 spiro atoms. The number of hydrogen-bond donors (Lipinski definition) is 1. The van der Waals surface area contributed by atoms with Crippen molar-refractivity contribution >= 4 is 0 Å². The number of rotatable bonds is 6. The Morgan fingerprint density at radius 1 is 1.18 bits per heavy atom. The van der Waals surface area contributed by atoms with E-state index in [-0.39, 0.29) is 11.7 Å². The molecule has 1 fully saturated rings. The molecule has 0 aliphatic carbocycles. The van der Waals surface area contributed by atoms with E-state index in [4.69, 9.17) is 0 Å². The first-order chi connectivity index (χ1) is 10.4. The van der Waals surface area contributed by atoms with E-state index in [1.807, 2.05) is 6.92 Å². The predicted molar refractivity (Wildman–Crippen MR) is 88.4 cm³/mol. The lowest BCUT2D eigenvalue weighted by Gasteiger charge is -2.39. The first kappa shape index (κ1) is 17.4. The molecule has 0 bridgehead atoms. The smallest absolute Gasteiger partial charge is 0.123 e. The summed E-state index contributed by atoms with van der Waals surface area (Å²) in [5, 5.41) is 11.1. The van der Waals surface area contributed by atoms with Crippen LogP contribution in [0.2, 0.25) is 0 Å². The number of benzene rings is 1. The first-order valence-electron chi connectivity index (χ1n) is 8.30. The second kappa shape index (κ2) is 7.53. The van der Waals surface area contributed by atoms with Crippen LogP contribution in [-0.2, 0) is 6.42 Å². The van der Waals surface area contributed by atoms with Gasteiger partial charge in [-0.2, -0.15) is 0 Å². The van der Waals surface area contributed by atoms with Crippen molar-refractivity contribution in [2.45, 2.75) is 32.3 Å². The van der Waals surface area contributed by atoms with Crippen molar-refractivity contribution in [1.29, 1.82) is 0 Å². The molecule has 0 radical (unpaired) electrons. The summed E-state index contributed by atoms with van der Waals surface area (Å²) in [4.78, 5) is 4.78. The third-order valence-electron chi connectivity index (χ3n) is 5.08. The van der Waals surface area contributed by atoms with Crippen LogP contribution in [0.25, 0.3) is 0 Å². The van der Waals surface area contributed by atoms with Crippen LogP contribution in [0.4, 0.5) is 4.39 Å². The van der Waals surface area contributed by atoms with Crippen LogP contribution in [0.15, 0.2) is 24.3 Å². The summed E-state index contributed by atoms with van der Waals surface area (Å²) in [5.41, 5.74) is 0.261. The van der Waals surface area contributed by atoms with E-state index in [1.54, 1.807) is 12.1 Å². The van der Waals surface area contributed by atoms with Crippen LogP contribution in [0.1, 0.15) is 25.8 Å².